The van der Waals surface area contributed by atoms with Gasteiger partial charge in [-0.05, 0) is 49.6 Å². The largest absolute Gasteiger partial charge is 0.497 e. The van der Waals surface area contributed by atoms with Crippen molar-refractivity contribution in [3.8, 4) is 5.75 Å². The minimum Gasteiger partial charge on any atom is -0.497 e. The van der Waals surface area contributed by atoms with Crippen LogP contribution < -0.4 is 20.7 Å². The Balaban J connectivity index is 1.17. The fraction of sp³-hybridized carbons (Fsp3) is 0.357. The van der Waals surface area contributed by atoms with Crippen molar-refractivity contribution in [3.05, 3.63) is 58.9 Å². The molecule has 5 rings (SSSR count). The lowest BCUT2D eigenvalue weighted by atomic mass is 10.0. The molecule has 6 amide bonds. The smallest absolute Gasteiger partial charge is 0.264 e. The number of anilines is 1. The molecule has 2 aromatic rings. The molecule has 2 saturated heterocycles. The van der Waals surface area contributed by atoms with Crippen LogP contribution in [0.3, 0.4) is 0 Å². The summed E-state index contributed by atoms with van der Waals surface area (Å²) in [6, 6.07) is 7.22. The number of hydrogen-bond acceptors (Lipinski definition) is 8. The van der Waals surface area contributed by atoms with Crippen molar-refractivity contribution >= 4 is 41.1 Å². The van der Waals surface area contributed by atoms with E-state index in [9.17, 15) is 33.2 Å². The number of benzene rings is 2. The van der Waals surface area contributed by atoms with Gasteiger partial charge in [-0.1, -0.05) is 6.07 Å². The second-order valence-corrected chi connectivity index (χ2v) is 10.0. The Labute approximate surface area is 234 Å². The number of imide groups is 2. The zero-order valence-corrected chi connectivity index (χ0v) is 22.2. The van der Waals surface area contributed by atoms with Crippen LogP contribution in [0.4, 0.5) is 10.1 Å². The summed E-state index contributed by atoms with van der Waals surface area (Å²) in [7, 11) is 1.43. The number of hydrogen-bond donors (Lipinski definition) is 3. The lowest BCUT2D eigenvalue weighted by molar-refractivity contribution is -0.136. The Morgan fingerprint density at radius 1 is 1.05 bits per heavy atom. The Morgan fingerprint density at radius 2 is 1.80 bits per heavy atom. The molecule has 214 valence electrons. The number of nitrogens with one attached hydrogen (secondary N) is 3. The van der Waals surface area contributed by atoms with Gasteiger partial charge in [0.1, 0.15) is 17.6 Å². The van der Waals surface area contributed by atoms with Crippen LogP contribution in [-0.4, -0.2) is 84.1 Å². The third kappa shape index (κ3) is 5.47. The van der Waals surface area contributed by atoms with E-state index in [1.54, 1.807) is 17.0 Å². The first-order valence-corrected chi connectivity index (χ1v) is 13.2. The normalized spacial score (nSPS) is 19.1. The molecule has 3 aliphatic rings. The number of ether oxygens (including phenoxy) is 1. The predicted octanol–water partition coefficient (Wildman–Crippen LogP) is 1.07. The lowest BCUT2D eigenvalue weighted by Gasteiger charge is -2.32. The van der Waals surface area contributed by atoms with E-state index < -0.39 is 41.4 Å². The second kappa shape index (κ2) is 11.4. The number of amides is 6. The summed E-state index contributed by atoms with van der Waals surface area (Å²) >= 11 is 0. The molecule has 0 spiro atoms. The van der Waals surface area contributed by atoms with Gasteiger partial charge in [0.2, 0.25) is 17.7 Å². The topological polar surface area (TPSA) is 154 Å². The third-order valence-electron chi connectivity index (χ3n) is 7.50. The van der Waals surface area contributed by atoms with E-state index in [4.69, 9.17) is 4.74 Å². The van der Waals surface area contributed by atoms with Gasteiger partial charge in [-0.2, -0.15) is 0 Å². The molecule has 0 saturated carbocycles. The number of carbonyl (C=O) groups is 6. The summed E-state index contributed by atoms with van der Waals surface area (Å²) in [5, 5.41) is 7.92. The summed E-state index contributed by atoms with van der Waals surface area (Å²) in [4.78, 5) is 78.1. The van der Waals surface area contributed by atoms with Crippen LogP contribution in [0.5, 0.6) is 5.75 Å². The number of nitrogens with zero attached hydrogens (tertiary/aromatic N) is 2. The van der Waals surface area contributed by atoms with Crippen molar-refractivity contribution in [2.45, 2.75) is 37.8 Å². The minimum atomic E-state index is -1.09. The Kier molecular flexibility index (Phi) is 7.68. The van der Waals surface area contributed by atoms with Gasteiger partial charge >= 0.3 is 0 Å². The van der Waals surface area contributed by atoms with Crippen LogP contribution in [-0.2, 0) is 14.4 Å². The number of piperidine rings is 2. The first kappa shape index (κ1) is 27.7. The van der Waals surface area contributed by atoms with Crippen molar-refractivity contribution in [1.82, 2.24) is 20.4 Å². The van der Waals surface area contributed by atoms with E-state index >= 15 is 0 Å². The molecule has 2 aromatic carbocycles. The van der Waals surface area contributed by atoms with Gasteiger partial charge in [0.15, 0.2) is 0 Å². The van der Waals surface area contributed by atoms with Gasteiger partial charge in [0.25, 0.3) is 17.7 Å². The summed E-state index contributed by atoms with van der Waals surface area (Å²) in [5.41, 5.74) is 0.348. The van der Waals surface area contributed by atoms with Crippen LogP contribution in [0.1, 0.15) is 56.8 Å². The zero-order chi connectivity index (χ0) is 29.3. The Hall–Kier alpha value is -4.81. The maximum atomic E-state index is 14.1. The highest BCUT2D eigenvalue weighted by Crippen LogP contribution is 2.32. The predicted molar refractivity (Wildman–Crippen MR) is 142 cm³/mol. The average Bonchev–Trinajstić information content (AvgIpc) is 3.22. The maximum Gasteiger partial charge on any atom is 0.264 e. The molecule has 3 aliphatic heterocycles. The highest BCUT2D eigenvalue weighted by atomic mass is 19.1. The number of methoxy groups -OCH3 is 1. The highest BCUT2D eigenvalue weighted by molar-refractivity contribution is 6.25. The number of likely N-dealkylation sites (tertiary alicyclic amines) is 1. The second-order valence-electron chi connectivity index (χ2n) is 10.0. The van der Waals surface area contributed by atoms with E-state index in [-0.39, 0.29) is 53.7 Å². The molecule has 41 heavy (non-hydrogen) atoms. The van der Waals surface area contributed by atoms with Crippen molar-refractivity contribution in [2.75, 3.05) is 32.1 Å². The highest BCUT2D eigenvalue weighted by Gasteiger charge is 2.45. The molecule has 12 nitrogen and oxygen atoms in total. The average molecular weight is 566 g/mol. The van der Waals surface area contributed by atoms with Gasteiger partial charge < -0.3 is 20.3 Å². The van der Waals surface area contributed by atoms with Crippen molar-refractivity contribution in [2.24, 2.45) is 0 Å². The number of rotatable bonds is 7. The number of halogens is 1. The molecule has 2 fully saturated rings. The van der Waals surface area contributed by atoms with Crippen molar-refractivity contribution in [1.29, 1.82) is 0 Å². The van der Waals surface area contributed by atoms with E-state index in [0.717, 1.165) is 4.90 Å². The quantitative estimate of drug-likeness (QED) is 0.422. The number of carbonyl (C=O) groups excluding carboxylic acids is 6. The first-order chi connectivity index (χ1) is 19.7. The minimum absolute atomic E-state index is 0.0156. The zero-order valence-electron chi connectivity index (χ0n) is 22.2. The van der Waals surface area contributed by atoms with E-state index in [1.807, 2.05) is 0 Å². The molecule has 3 heterocycles. The van der Waals surface area contributed by atoms with Gasteiger partial charge in [-0.3, -0.25) is 39.0 Å². The van der Waals surface area contributed by atoms with E-state index in [0.29, 0.717) is 31.7 Å². The Morgan fingerprint density at radius 3 is 2.51 bits per heavy atom. The van der Waals surface area contributed by atoms with Crippen LogP contribution in [0.15, 0.2) is 36.4 Å². The summed E-state index contributed by atoms with van der Waals surface area (Å²) in [6.07, 6.45) is 0.999. The lowest BCUT2D eigenvalue weighted by Crippen LogP contribution is -2.54. The summed E-state index contributed by atoms with van der Waals surface area (Å²) in [6.45, 7) is 0.571. The summed E-state index contributed by atoms with van der Waals surface area (Å²) in [5.74, 6) is -3.56. The van der Waals surface area contributed by atoms with E-state index in [1.165, 1.54) is 31.4 Å². The van der Waals surface area contributed by atoms with Gasteiger partial charge in [-0.15, -0.1) is 0 Å². The first-order valence-electron chi connectivity index (χ1n) is 13.2. The fourth-order valence-electron chi connectivity index (χ4n) is 5.29. The number of fused-ring (bicyclic) bond motifs is 1. The van der Waals surface area contributed by atoms with Gasteiger partial charge in [0.05, 0.1) is 30.3 Å². The Bertz CT molecular complexity index is 1450. The third-order valence-corrected chi connectivity index (χ3v) is 7.50. The molecule has 13 heteroatoms. The molecule has 1 unspecified atom stereocenters. The van der Waals surface area contributed by atoms with Gasteiger partial charge in [-0.25, -0.2) is 4.39 Å². The van der Waals surface area contributed by atoms with Crippen LogP contribution in [0.2, 0.25) is 0 Å². The van der Waals surface area contributed by atoms with Crippen LogP contribution >= 0.6 is 0 Å². The van der Waals surface area contributed by atoms with Crippen LogP contribution in [0, 0.1) is 5.82 Å². The standard InChI is InChI=1S/C28H28FN5O7/c1-41-16-5-6-19(29)18(13-16)25(37)31-15-9-11-33(12-10-15)23(36)14-30-20-4-2-3-17-24(20)28(40)34(27(17)39)21-7-8-22(35)32-26(21)38/h2-6,13,15,21,30H,7-12,14H2,1H3,(H,31,37)(H,32,35,38). The molecule has 3 N–H and O–H groups in total. The molecule has 0 bridgehead atoms. The molecule has 0 aromatic heterocycles. The molecule has 1 atom stereocenters. The van der Waals surface area contributed by atoms with Crippen molar-refractivity contribution in [3.63, 3.8) is 0 Å². The van der Waals surface area contributed by atoms with Crippen molar-refractivity contribution < 1.29 is 37.9 Å². The molecular formula is C28H28FN5O7. The van der Waals surface area contributed by atoms with E-state index in [2.05, 4.69) is 16.0 Å². The van der Waals surface area contributed by atoms with Gasteiger partial charge in [0, 0.05) is 31.2 Å². The maximum absolute atomic E-state index is 14.1. The monoisotopic (exact) mass is 565 g/mol. The fourth-order valence-corrected chi connectivity index (χ4v) is 5.29. The SMILES string of the molecule is COc1ccc(F)c(C(=O)NC2CCN(C(=O)CNc3cccc4c3C(=O)N(C3CCC(=O)NC3=O)C4=O)CC2)c1. The molecule has 0 radical (unpaired) electrons. The molecular weight excluding hydrogens is 537 g/mol. The molecule has 0 aliphatic carbocycles. The summed E-state index contributed by atoms with van der Waals surface area (Å²) < 4.78 is 19.2. The van der Waals surface area contributed by atoms with Crippen LogP contribution in [0.25, 0.3) is 0 Å².